The van der Waals surface area contributed by atoms with Gasteiger partial charge in [0.15, 0.2) is 0 Å². The maximum atomic E-state index is 12.2. The summed E-state index contributed by atoms with van der Waals surface area (Å²) in [6, 6.07) is 17.0. The highest BCUT2D eigenvalue weighted by Crippen LogP contribution is 2.28. The second-order valence-corrected chi connectivity index (χ2v) is 9.69. The molecule has 8 nitrogen and oxygen atoms in total. The maximum absolute atomic E-state index is 12.2. The molecule has 3 aromatic rings. The topological polar surface area (TPSA) is 103 Å². The van der Waals surface area contributed by atoms with Crippen LogP contribution in [-0.4, -0.2) is 51.7 Å². The Bertz CT molecular complexity index is 1380. The van der Waals surface area contributed by atoms with Crippen LogP contribution < -0.4 is 15.4 Å². The first kappa shape index (κ1) is 31.9. The molecule has 2 aromatic carbocycles. The van der Waals surface area contributed by atoms with Crippen molar-refractivity contribution in [1.29, 1.82) is 5.41 Å². The van der Waals surface area contributed by atoms with Crippen LogP contribution in [0, 0.1) is 17.3 Å². The minimum Gasteiger partial charge on any atom is -0.457 e. The number of nitrogens with zero attached hydrogens (tertiary/aromatic N) is 3. The number of likely N-dealkylation sites (tertiary alicyclic amines) is 1. The molecule has 220 valence electrons. The fraction of sp³-hybridized carbons (Fsp3) is 0.353. The molecule has 3 N–H and O–H groups in total. The van der Waals surface area contributed by atoms with E-state index in [4.69, 9.17) is 4.74 Å². The summed E-state index contributed by atoms with van der Waals surface area (Å²) in [5, 5.41) is 16.2. The molecule has 1 saturated heterocycles. The van der Waals surface area contributed by atoms with Gasteiger partial charge >= 0.3 is 0 Å². The summed E-state index contributed by atoms with van der Waals surface area (Å²) in [4.78, 5) is 23.1. The number of ether oxygens (including phenoxy) is 1. The van der Waals surface area contributed by atoms with Crippen molar-refractivity contribution in [3.8, 4) is 23.3 Å². The number of carbonyl (C=O) groups is 1. The largest absolute Gasteiger partial charge is 0.457 e. The van der Waals surface area contributed by atoms with E-state index in [9.17, 15) is 10.2 Å². The van der Waals surface area contributed by atoms with Gasteiger partial charge in [0.25, 0.3) is 0 Å². The van der Waals surface area contributed by atoms with Gasteiger partial charge in [-0.05, 0) is 62.2 Å². The number of amides is 1. The van der Waals surface area contributed by atoms with Crippen molar-refractivity contribution in [2.75, 3.05) is 23.7 Å². The summed E-state index contributed by atoms with van der Waals surface area (Å²) >= 11 is 0. The second kappa shape index (κ2) is 16.6. The lowest BCUT2D eigenvalue weighted by atomic mass is 10.0. The fourth-order valence-corrected chi connectivity index (χ4v) is 4.55. The molecule has 0 radical (unpaired) electrons. The zero-order valence-corrected chi connectivity index (χ0v) is 25.1. The maximum Gasteiger partial charge on any atom is 0.246 e. The standard InChI is InChI=1S/C32H36N6O2.C2H6/c1-4-6-8-12-23(3)36-31-29(30(33)24-16-18-27(19-17-24)40-26-14-9-7-10-15-26)32(35-22-34-31)37-25-13-11-20-38(21-25)28(39)5-2;1-2/h5,7,9-10,14-19,22-23,25,33H,2,4,11-13,20-21H2,1,3H3,(H2,34,35,36,37);1-2H3. The van der Waals surface area contributed by atoms with Gasteiger partial charge in [-0.15, -0.1) is 11.8 Å². The molecule has 1 aromatic heterocycles. The smallest absolute Gasteiger partial charge is 0.246 e. The van der Waals surface area contributed by atoms with E-state index in [0.29, 0.717) is 48.0 Å². The van der Waals surface area contributed by atoms with Gasteiger partial charge in [-0.3, -0.25) is 10.2 Å². The molecule has 0 saturated carbocycles. The van der Waals surface area contributed by atoms with Crippen LogP contribution in [-0.2, 0) is 4.79 Å². The molecule has 0 bridgehead atoms. The molecule has 1 amide bonds. The van der Waals surface area contributed by atoms with E-state index in [1.54, 1.807) is 4.90 Å². The highest BCUT2D eigenvalue weighted by Gasteiger charge is 2.25. The molecule has 1 aliphatic rings. The summed E-state index contributed by atoms with van der Waals surface area (Å²) in [6.45, 7) is 12.9. The van der Waals surface area contributed by atoms with Gasteiger partial charge in [-0.25, -0.2) is 9.97 Å². The van der Waals surface area contributed by atoms with Crippen LogP contribution in [0.25, 0.3) is 0 Å². The number of carbonyl (C=O) groups excluding carboxylic acids is 1. The summed E-state index contributed by atoms with van der Waals surface area (Å²) in [5.74, 6) is 8.75. The van der Waals surface area contributed by atoms with Gasteiger partial charge in [0.2, 0.25) is 5.91 Å². The summed E-state index contributed by atoms with van der Waals surface area (Å²) in [5.41, 5.74) is 1.55. The average molecular weight is 567 g/mol. The zero-order valence-electron chi connectivity index (χ0n) is 25.1. The van der Waals surface area contributed by atoms with E-state index in [1.165, 1.54) is 12.4 Å². The monoisotopic (exact) mass is 566 g/mol. The highest BCUT2D eigenvalue weighted by atomic mass is 16.5. The third kappa shape index (κ3) is 8.93. The molecule has 2 atom stereocenters. The normalized spacial score (nSPS) is 14.7. The Morgan fingerprint density at radius 3 is 2.50 bits per heavy atom. The van der Waals surface area contributed by atoms with Crippen molar-refractivity contribution < 1.29 is 9.53 Å². The van der Waals surface area contributed by atoms with Gasteiger partial charge in [0.1, 0.15) is 29.5 Å². The lowest BCUT2D eigenvalue weighted by Gasteiger charge is -2.33. The lowest BCUT2D eigenvalue weighted by molar-refractivity contribution is -0.127. The van der Waals surface area contributed by atoms with E-state index in [1.807, 2.05) is 82.3 Å². The van der Waals surface area contributed by atoms with Crippen molar-refractivity contribution >= 4 is 23.3 Å². The molecule has 1 fully saturated rings. The van der Waals surface area contributed by atoms with E-state index in [0.717, 1.165) is 25.0 Å². The Hall–Kier alpha value is -4.64. The van der Waals surface area contributed by atoms with Crippen LogP contribution in [0.15, 0.2) is 73.6 Å². The number of nitrogens with one attached hydrogen (secondary N) is 3. The Labute approximate surface area is 250 Å². The van der Waals surface area contributed by atoms with Gasteiger partial charge in [-0.1, -0.05) is 45.5 Å². The molecule has 0 spiro atoms. The predicted molar refractivity (Wildman–Crippen MR) is 171 cm³/mol. The Morgan fingerprint density at radius 2 is 1.81 bits per heavy atom. The van der Waals surface area contributed by atoms with Crippen molar-refractivity contribution in [3.63, 3.8) is 0 Å². The second-order valence-electron chi connectivity index (χ2n) is 9.69. The molecule has 1 aliphatic heterocycles. The number of benzene rings is 2. The van der Waals surface area contributed by atoms with Crippen molar-refractivity contribution in [2.24, 2.45) is 0 Å². The SMILES string of the molecule is C=CC(=O)N1CCCC(Nc2ncnc(NC(C)CC#CCC)c2C(=N)c2ccc(Oc3ccccc3)cc2)C1.CC. The Kier molecular flexibility index (Phi) is 12.6. The number of hydrogen-bond donors (Lipinski definition) is 3. The minimum absolute atomic E-state index is 0.0126. The number of anilines is 2. The number of aromatic nitrogens is 2. The van der Waals surface area contributed by atoms with Crippen LogP contribution in [0.3, 0.4) is 0 Å². The summed E-state index contributed by atoms with van der Waals surface area (Å²) < 4.78 is 5.93. The summed E-state index contributed by atoms with van der Waals surface area (Å²) in [7, 11) is 0. The van der Waals surface area contributed by atoms with Gasteiger partial charge in [0, 0.05) is 43.6 Å². The van der Waals surface area contributed by atoms with Crippen LogP contribution in [0.2, 0.25) is 0 Å². The molecular formula is C34H42N6O2. The number of hydrogen-bond acceptors (Lipinski definition) is 7. The van der Waals surface area contributed by atoms with Gasteiger partial charge in [-0.2, -0.15) is 0 Å². The first-order valence-corrected chi connectivity index (χ1v) is 14.7. The van der Waals surface area contributed by atoms with E-state index in [2.05, 4.69) is 39.0 Å². The molecule has 4 rings (SSSR count). The summed E-state index contributed by atoms with van der Waals surface area (Å²) in [6.07, 6.45) is 6.06. The van der Waals surface area contributed by atoms with E-state index < -0.39 is 0 Å². The first-order chi connectivity index (χ1) is 20.5. The minimum atomic E-state index is -0.0793. The van der Waals surface area contributed by atoms with Crippen LogP contribution in [0.4, 0.5) is 11.6 Å². The number of rotatable bonds is 10. The third-order valence-corrected chi connectivity index (χ3v) is 6.56. The number of piperidine rings is 1. The van der Waals surface area contributed by atoms with Gasteiger partial charge in [0.05, 0.1) is 11.3 Å². The molecule has 42 heavy (non-hydrogen) atoms. The molecule has 2 heterocycles. The first-order valence-electron chi connectivity index (χ1n) is 14.7. The Balaban J connectivity index is 0.00000237. The van der Waals surface area contributed by atoms with Crippen molar-refractivity contribution in [2.45, 2.75) is 65.5 Å². The van der Waals surface area contributed by atoms with Gasteiger partial charge < -0.3 is 20.3 Å². The quantitative estimate of drug-likeness (QED) is 0.140. The van der Waals surface area contributed by atoms with Crippen LogP contribution >= 0.6 is 0 Å². The lowest BCUT2D eigenvalue weighted by Crippen LogP contribution is -2.44. The molecule has 8 heteroatoms. The zero-order chi connectivity index (χ0) is 30.3. The van der Waals surface area contributed by atoms with E-state index in [-0.39, 0.29) is 23.7 Å². The predicted octanol–water partition coefficient (Wildman–Crippen LogP) is 6.90. The van der Waals surface area contributed by atoms with Crippen LogP contribution in [0.5, 0.6) is 11.5 Å². The molecule has 2 unspecified atom stereocenters. The Morgan fingerprint density at radius 1 is 1.12 bits per heavy atom. The van der Waals surface area contributed by atoms with Crippen molar-refractivity contribution in [1.82, 2.24) is 14.9 Å². The molecular weight excluding hydrogens is 524 g/mol. The average Bonchev–Trinajstić information content (AvgIpc) is 3.02. The van der Waals surface area contributed by atoms with Crippen molar-refractivity contribution in [3.05, 3.63) is 84.7 Å². The van der Waals surface area contributed by atoms with Crippen LogP contribution in [0.1, 0.15) is 64.5 Å². The fourth-order valence-electron chi connectivity index (χ4n) is 4.55. The highest BCUT2D eigenvalue weighted by molar-refractivity contribution is 6.16. The number of para-hydroxylation sites is 1. The third-order valence-electron chi connectivity index (χ3n) is 6.56. The van der Waals surface area contributed by atoms with E-state index >= 15 is 0 Å². The molecule has 0 aliphatic carbocycles.